The van der Waals surface area contributed by atoms with E-state index in [1.807, 2.05) is 0 Å². The van der Waals surface area contributed by atoms with Gasteiger partial charge in [-0.05, 0) is 6.07 Å². The smallest absolute Gasteiger partial charge is 0.173 e. The van der Waals surface area contributed by atoms with Crippen LogP contribution < -0.4 is 11.1 Å². The third-order valence-corrected chi connectivity index (χ3v) is 3.34. The molecule has 0 unspecified atom stereocenters. The van der Waals surface area contributed by atoms with Crippen LogP contribution in [-0.4, -0.2) is 16.0 Å². The summed E-state index contributed by atoms with van der Waals surface area (Å²) in [6.45, 7) is 0.980. The number of hydrogen-bond acceptors (Lipinski definition) is 5. The van der Waals surface area contributed by atoms with E-state index in [4.69, 9.17) is 10.9 Å². The Kier molecular flexibility index (Phi) is 4.43. The molecule has 0 saturated heterocycles. The number of oxime groups is 1. The molecule has 0 amide bonds. The van der Waals surface area contributed by atoms with Crippen LogP contribution in [0.3, 0.4) is 0 Å². The number of benzene rings is 1. The zero-order valence-corrected chi connectivity index (χ0v) is 10.8. The maximum absolute atomic E-state index is 14.1. The molecule has 19 heavy (non-hydrogen) atoms. The Labute approximate surface area is 113 Å². The lowest BCUT2D eigenvalue weighted by Gasteiger charge is -2.08. The molecule has 1 aromatic carbocycles. The van der Waals surface area contributed by atoms with Gasteiger partial charge in [0.05, 0.1) is 11.1 Å². The molecule has 7 heteroatoms. The highest BCUT2D eigenvalue weighted by Gasteiger charge is 2.11. The summed E-state index contributed by atoms with van der Waals surface area (Å²) >= 11 is 1.53. The third-order valence-electron chi connectivity index (χ3n) is 2.56. The summed E-state index contributed by atoms with van der Waals surface area (Å²) < 4.78 is 14.1. The van der Waals surface area contributed by atoms with E-state index < -0.39 is 5.82 Å². The van der Waals surface area contributed by atoms with Crippen molar-refractivity contribution in [1.29, 1.82) is 0 Å². The van der Waals surface area contributed by atoms with Crippen molar-refractivity contribution in [3.8, 4) is 0 Å². The Morgan fingerprint density at radius 2 is 2.32 bits per heavy atom. The van der Waals surface area contributed by atoms with Crippen molar-refractivity contribution in [1.82, 2.24) is 10.3 Å². The van der Waals surface area contributed by atoms with Gasteiger partial charge < -0.3 is 16.3 Å². The molecule has 1 aromatic heterocycles. The Morgan fingerprint density at radius 1 is 1.47 bits per heavy atom. The van der Waals surface area contributed by atoms with E-state index in [0.717, 1.165) is 4.88 Å². The van der Waals surface area contributed by atoms with Gasteiger partial charge in [-0.15, -0.1) is 11.3 Å². The van der Waals surface area contributed by atoms with Crippen molar-refractivity contribution in [3.63, 3.8) is 0 Å². The summed E-state index contributed by atoms with van der Waals surface area (Å²) in [7, 11) is 0. The fourth-order valence-electron chi connectivity index (χ4n) is 1.62. The predicted octanol–water partition coefficient (Wildman–Crippen LogP) is 1.67. The first-order valence-corrected chi connectivity index (χ1v) is 6.43. The SMILES string of the molecule is N/C(=N/O)c1cccc(CNCc2cncs2)c1F. The molecule has 0 aliphatic rings. The van der Waals surface area contributed by atoms with E-state index in [9.17, 15) is 4.39 Å². The monoisotopic (exact) mass is 280 g/mol. The van der Waals surface area contributed by atoms with Gasteiger partial charge in [0.1, 0.15) is 5.82 Å². The Morgan fingerprint density at radius 3 is 3.00 bits per heavy atom. The van der Waals surface area contributed by atoms with Crippen LogP contribution in [0.15, 0.2) is 35.1 Å². The quantitative estimate of drug-likeness (QED) is 0.337. The maximum Gasteiger partial charge on any atom is 0.173 e. The number of halogens is 1. The van der Waals surface area contributed by atoms with Gasteiger partial charge in [-0.2, -0.15) is 0 Å². The second kappa shape index (κ2) is 6.26. The van der Waals surface area contributed by atoms with E-state index in [0.29, 0.717) is 18.7 Å². The van der Waals surface area contributed by atoms with Gasteiger partial charge in [-0.3, -0.25) is 4.98 Å². The number of amidine groups is 1. The second-order valence-corrected chi connectivity index (χ2v) is 4.81. The first-order chi connectivity index (χ1) is 9.22. The van der Waals surface area contributed by atoms with Gasteiger partial charge in [0, 0.05) is 29.7 Å². The van der Waals surface area contributed by atoms with Gasteiger partial charge in [0.2, 0.25) is 0 Å². The largest absolute Gasteiger partial charge is 0.409 e. The average Bonchev–Trinajstić information content (AvgIpc) is 2.93. The van der Waals surface area contributed by atoms with E-state index in [1.54, 1.807) is 23.8 Å². The van der Waals surface area contributed by atoms with Crippen molar-refractivity contribution in [3.05, 3.63) is 51.7 Å². The fourth-order valence-corrected chi connectivity index (χ4v) is 2.18. The minimum atomic E-state index is -0.477. The molecule has 0 spiro atoms. The van der Waals surface area contributed by atoms with E-state index >= 15 is 0 Å². The summed E-state index contributed by atoms with van der Waals surface area (Å²) in [5.41, 5.74) is 7.71. The van der Waals surface area contributed by atoms with Crippen LogP contribution in [0.1, 0.15) is 16.0 Å². The minimum Gasteiger partial charge on any atom is -0.409 e. The van der Waals surface area contributed by atoms with Crippen LogP contribution in [0.25, 0.3) is 0 Å². The van der Waals surface area contributed by atoms with Crippen molar-refractivity contribution in [2.45, 2.75) is 13.1 Å². The summed E-state index contributed by atoms with van der Waals surface area (Å²) in [4.78, 5) is 5.04. The van der Waals surface area contributed by atoms with Crippen LogP contribution in [-0.2, 0) is 13.1 Å². The second-order valence-electron chi connectivity index (χ2n) is 3.84. The summed E-state index contributed by atoms with van der Waals surface area (Å²) in [6, 6.07) is 4.79. The van der Waals surface area contributed by atoms with E-state index in [2.05, 4.69) is 15.5 Å². The average molecular weight is 280 g/mol. The zero-order valence-electron chi connectivity index (χ0n) is 10.0. The first-order valence-electron chi connectivity index (χ1n) is 5.55. The van der Waals surface area contributed by atoms with Gasteiger partial charge in [0.15, 0.2) is 5.84 Å². The molecule has 100 valence electrons. The van der Waals surface area contributed by atoms with Gasteiger partial charge >= 0.3 is 0 Å². The molecule has 5 nitrogen and oxygen atoms in total. The number of nitrogens with zero attached hydrogens (tertiary/aromatic N) is 2. The number of nitrogens with one attached hydrogen (secondary N) is 1. The van der Waals surface area contributed by atoms with Crippen LogP contribution in [0, 0.1) is 5.82 Å². The normalized spacial score (nSPS) is 11.7. The van der Waals surface area contributed by atoms with Crippen molar-refractivity contribution < 1.29 is 9.60 Å². The topological polar surface area (TPSA) is 83.5 Å². The molecular formula is C12H13FN4OS. The summed E-state index contributed by atoms with van der Waals surface area (Å²) in [5, 5.41) is 14.5. The molecule has 0 aliphatic carbocycles. The Hall–Kier alpha value is -1.99. The molecule has 2 rings (SSSR count). The highest BCUT2D eigenvalue weighted by atomic mass is 32.1. The van der Waals surface area contributed by atoms with Crippen LogP contribution >= 0.6 is 11.3 Å². The van der Waals surface area contributed by atoms with Crippen molar-refractivity contribution in [2.24, 2.45) is 10.9 Å². The minimum absolute atomic E-state index is 0.0968. The number of hydrogen-bond donors (Lipinski definition) is 3. The zero-order chi connectivity index (χ0) is 13.7. The summed E-state index contributed by atoms with van der Waals surface area (Å²) in [6.07, 6.45) is 1.76. The lowest BCUT2D eigenvalue weighted by Crippen LogP contribution is -2.18. The fraction of sp³-hybridized carbons (Fsp3) is 0.167. The van der Waals surface area contributed by atoms with Crippen LogP contribution in [0.2, 0.25) is 0 Å². The molecule has 0 atom stereocenters. The molecule has 0 aliphatic heterocycles. The van der Waals surface area contributed by atoms with E-state index in [1.165, 1.54) is 17.4 Å². The highest BCUT2D eigenvalue weighted by molar-refractivity contribution is 7.09. The molecule has 0 saturated carbocycles. The Bertz CT molecular complexity index is 571. The number of thiazole rings is 1. The molecule has 0 fully saturated rings. The number of aromatic nitrogens is 1. The standard InChI is InChI=1S/C12H13FN4OS/c13-11-8(2-1-3-10(11)12(14)17-18)4-15-5-9-6-16-7-19-9/h1-3,6-7,15,18H,4-5H2,(H2,14,17). The molecule has 0 bridgehead atoms. The molecule has 4 N–H and O–H groups in total. The maximum atomic E-state index is 14.1. The highest BCUT2D eigenvalue weighted by Crippen LogP contribution is 2.13. The van der Waals surface area contributed by atoms with Gasteiger partial charge in [0.25, 0.3) is 0 Å². The number of rotatable bonds is 5. The lowest BCUT2D eigenvalue weighted by atomic mass is 10.1. The van der Waals surface area contributed by atoms with Crippen molar-refractivity contribution in [2.75, 3.05) is 0 Å². The summed E-state index contributed by atoms with van der Waals surface area (Å²) in [5.74, 6) is -0.712. The Balaban J connectivity index is 2.04. The lowest BCUT2D eigenvalue weighted by molar-refractivity contribution is 0.318. The molecule has 0 radical (unpaired) electrons. The van der Waals surface area contributed by atoms with Crippen molar-refractivity contribution >= 4 is 17.2 Å². The molecular weight excluding hydrogens is 267 g/mol. The third kappa shape index (κ3) is 3.27. The molecule has 2 aromatic rings. The predicted molar refractivity (Wildman–Crippen MR) is 71.6 cm³/mol. The molecule has 1 heterocycles. The first kappa shape index (κ1) is 13.4. The van der Waals surface area contributed by atoms with Crippen LogP contribution in [0.4, 0.5) is 4.39 Å². The van der Waals surface area contributed by atoms with E-state index in [-0.39, 0.29) is 11.4 Å². The van der Waals surface area contributed by atoms with Gasteiger partial charge in [-0.25, -0.2) is 4.39 Å². The number of nitrogens with two attached hydrogens (primary N) is 1. The van der Waals surface area contributed by atoms with Gasteiger partial charge in [-0.1, -0.05) is 17.3 Å². The van der Waals surface area contributed by atoms with Crippen LogP contribution in [0.5, 0.6) is 0 Å².